The molecule has 7 heteroatoms. The van der Waals surface area contributed by atoms with Crippen molar-refractivity contribution < 1.29 is 4.39 Å². The number of halogens is 2. The normalized spacial score (nSPS) is 11.1. The van der Waals surface area contributed by atoms with Crippen molar-refractivity contribution in [3.05, 3.63) is 47.3 Å². The number of hydrogen-bond donors (Lipinski definition) is 2. The molecule has 0 spiro atoms. The minimum Gasteiger partial charge on any atom is -0.357 e. The molecule has 0 atom stereocenters. The fraction of sp³-hybridized carbons (Fsp3) is 0.444. The van der Waals surface area contributed by atoms with E-state index in [9.17, 15) is 4.39 Å². The Kier molecular flexibility index (Phi) is 9.48. The van der Waals surface area contributed by atoms with Crippen LogP contribution in [0.1, 0.15) is 30.3 Å². The number of aliphatic imine (C=N–C) groups is 1. The molecule has 1 aromatic carbocycles. The van der Waals surface area contributed by atoms with Gasteiger partial charge in [0.15, 0.2) is 5.96 Å². The number of aromatic nitrogens is 2. The number of rotatable bonds is 7. The highest BCUT2D eigenvalue weighted by atomic mass is 127. The molecule has 0 radical (unpaired) electrons. The van der Waals surface area contributed by atoms with E-state index in [0.717, 1.165) is 29.2 Å². The molecule has 1 aromatic heterocycles. The van der Waals surface area contributed by atoms with Crippen LogP contribution in [0, 0.1) is 13.8 Å². The van der Waals surface area contributed by atoms with Crippen LogP contribution in [0.15, 0.2) is 35.3 Å². The number of nitrogens with zero attached hydrogens (tertiary/aromatic N) is 3. The Morgan fingerprint density at radius 2 is 2.00 bits per heavy atom. The van der Waals surface area contributed by atoms with Gasteiger partial charge in [0.1, 0.15) is 0 Å². The first-order chi connectivity index (χ1) is 11.7. The second-order valence-corrected chi connectivity index (χ2v) is 5.63. The summed E-state index contributed by atoms with van der Waals surface area (Å²) in [5.41, 5.74) is 4.21. The maximum absolute atomic E-state index is 12.3. The average molecular weight is 459 g/mol. The highest BCUT2D eigenvalue weighted by Gasteiger charge is 2.08. The molecule has 0 saturated heterocycles. The summed E-state index contributed by atoms with van der Waals surface area (Å²) in [6.45, 7) is 7.58. The monoisotopic (exact) mass is 459 g/mol. The molecule has 25 heavy (non-hydrogen) atoms. The minimum atomic E-state index is -0.326. The predicted molar refractivity (Wildman–Crippen MR) is 112 cm³/mol. The molecule has 2 aromatic rings. The number of alkyl halides is 1. The van der Waals surface area contributed by atoms with Gasteiger partial charge in [-0.15, -0.1) is 24.0 Å². The number of benzene rings is 1. The minimum absolute atomic E-state index is 0. The molecule has 2 N–H and O–H groups in total. The molecule has 0 fully saturated rings. The van der Waals surface area contributed by atoms with Gasteiger partial charge in [-0.1, -0.05) is 18.2 Å². The van der Waals surface area contributed by atoms with Gasteiger partial charge >= 0.3 is 0 Å². The summed E-state index contributed by atoms with van der Waals surface area (Å²) in [5.74, 6) is 0.703. The standard InChI is InChI=1S/C18H26FN5.HI/c1-4-20-18(21-11-7-10-19)22-13-16-8-5-6-9-17(16)24-15(3)12-14(2)23-24;/h5-6,8-9,12H,4,7,10-11,13H2,1-3H3,(H2,20,21,22);1H. The molecule has 0 aliphatic carbocycles. The van der Waals surface area contributed by atoms with E-state index in [4.69, 9.17) is 0 Å². The molecule has 0 aliphatic rings. The number of guanidine groups is 1. The summed E-state index contributed by atoms with van der Waals surface area (Å²) >= 11 is 0. The second-order valence-electron chi connectivity index (χ2n) is 5.63. The van der Waals surface area contributed by atoms with E-state index in [1.165, 1.54) is 0 Å². The Balaban J connectivity index is 0.00000312. The van der Waals surface area contributed by atoms with E-state index in [1.54, 1.807) is 0 Å². The third kappa shape index (κ3) is 6.30. The topological polar surface area (TPSA) is 54.2 Å². The van der Waals surface area contributed by atoms with Crippen molar-refractivity contribution in [3.8, 4) is 5.69 Å². The summed E-state index contributed by atoms with van der Waals surface area (Å²) in [5, 5.41) is 10.9. The van der Waals surface area contributed by atoms with Crippen LogP contribution in [0.5, 0.6) is 0 Å². The molecular weight excluding hydrogens is 432 g/mol. The lowest BCUT2D eigenvalue weighted by Crippen LogP contribution is -2.37. The number of hydrogen-bond acceptors (Lipinski definition) is 2. The Bertz CT molecular complexity index is 684. The van der Waals surface area contributed by atoms with Gasteiger partial charge in [-0.25, -0.2) is 9.67 Å². The van der Waals surface area contributed by atoms with Gasteiger partial charge in [0.05, 0.1) is 24.6 Å². The van der Waals surface area contributed by atoms with Crippen LogP contribution in [0.2, 0.25) is 0 Å². The average Bonchev–Trinajstić information content (AvgIpc) is 2.91. The summed E-state index contributed by atoms with van der Waals surface area (Å²) in [6.07, 6.45) is 0.479. The van der Waals surface area contributed by atoms with E-state index in [2.05, 4.69) is 32.9 Å². The van der Waals surface area contributed by atoms with Crippen LogP contribution < -0.4 is 10.6 Å². The van der Waals surface area contributed by atoms with Crippen LogP contribution in [0.3, 0.4) is 0 Å². The smallest absolute Gasteiger partial charge is 0.191 e. The molecule has 1 heterocycles. The summed E-state index contributed by atoms with van der Waals surface area (Å²) in [4.78, 5) is 4.61. The third-order valence-corrected chi connectivity index (χ3v) is 3.58. The van der Waals surface area contributed by atoms with Gasteiger partial charge in [0, 0.05) is 18.8 Å². The highest BCUT2D eigenvalue weighted by molar-refractivity contribution is 14.0. The number of aryl methyl sites for hydroxylation is 2. The fourth-order valence-corrected chi connectivity index (χ4v) is 2.50. The summed E-state index contributed by atoms with van der Waals surface area (Å²) in [6, 6.07) is 10.2. The van der Waals surface area contributed by atoms with Crippen LogP contribution in [0.25, 0.3) is 5.69 Å². The van der Waals surface area contributed by atoms with Crippen molar-refractivity contribution in [2.75, 3.05) is 19.8 Å². The van der Waals surface area contributed by atoms with Crippen molar-refractivity contribution in [3.63, 3.8) is 0 Å². The van der Waals surface area contributed by atoms with Crippen molar-refractivity contribution in [2.24, 2.45) is 4.99 Å². The van der Waals surface area contributed by atoms with Gasteiger partial charge in [0.2, 0.25) is 0 Å². The van der Waals surface area contributed by atoms with E-state index in [-0.39, 0.29) is 30.7 Å². The Morgan fingerprint density at radius 1 is 1.24 bits per heavy atom. The molecule has 0 unspecified atom stereocenters. The van der Waals surface area contributed by atoms with Gasteiger partial charge in [-0.05, 0) is 44.9 Å². The molecule has 0 saturated carbocycles. The quantitative estimate of drug-likeness (QED) is 0.289. The molecule has 0 amide bonds. The Hall–Kier alpha value is -1.64. The Morgan fingerprint density at radius 3 is 2.64 bits per heavy atom. The van der Waals surface area contributed by atoms with Gasteiger partial charge in [0.25, 0.3) is 0 Å². The van der Waals surface area contributed by atoms with Crippen LogP contribution in [-0.4, -0.2) is 35.5 Å². The fourth-order valence-electron chi connectivity index (χ4n) is 2.50. The molecule has 5 nitrogen and oxygen atoms in total. The number of nitrogens with one attached hydrogen (secondary N) is 2. The zero-order valence-corrected chi connectivity index (χ0v) is 17.4. The lowest BCUT2D eigenvalue weighted by molar-refractivity contribution is 0.470. The van der Waals surface area contributed by atoms with Crippen molar-refractivity contribution in [1.29, 1.82) is 0 Å². The lowest BCUT2D eigenvalue weighted by atomic mass is 10.2. The third-order valence-electron chi connectivity index (χ3n) is 3.58. The van der Waals surface area contributed by atoms with E-state index < -0.39 is 0 Å². The van der Waals surface area contributed by atoms with Crippen molar-refractivity contribution in [2.45, 2.75) is 33.7 Å². The predicted octanol–water partition coefficient (Wildman–Crippen LogP) is 3.52. The van der Waals surface area contributed by atoms with E-state index >= 15 is 0 Å². The summed E-state index contributed by atoms with van der Waals surface area (Å²) in [7, 11) is 0. The lowest BCUT2D eigenvalue weighted by Gasteiger charge is -2.12. The Labute approximate surface area is 166 Å². The first-order valence-corrected chi connectivity index (χ1v) is 8.35. The van der Waals surface area contributed by atoms with Crippen molar-refractivity contribution >= 4 is 29.9 Å². The number of para-hydroxylation sites is 1. The van der Waals surface area contributed by atoms with E-state index in [1.807, 2.05) is 43.7 Å². The second kappa shape index (κ2) is 11.1. The van der Waals surface area contributed by atoms with Gasteiger partial charge < -0.3 is 10.6 Å². The van der Waals surface area contributed by atoms with Crippen molar-refractivity contribution in [1.82, 2.24) is 20.4 Å². The zero-order valence-electron chi connectivity index (χ0n) is 15.1. The van der Waals surface area contributed by atoms with Crippen LogP contribution >= 0.6 is 24.0 Å². The highest BCUT2D eigenvalue weighted by Crippen LogP contribution is 2.17. The molecular formula is C18H27FIN5. The molecule has 138 valence electrons. The summed E-state index contributed by atoms with van der Waals surface area (Å²) < 4.78 is 14.2. The first kappa shape index (κ1) is 21.4. The van der Waals surface area contributed by atoms with Crippen LogP contribution in [-0.2, 0) is 6.54 Å². The maximum atomic E-state index is 12.3. The molecule has 2 rings (SSSR count). The zero-order chi connectivity index (χ0) is 17.4. The van der Waals surface area contributed by atoms with Crippen LogP contribution in [0.4, 0.5) is 4.39 Å². The largest absolute Gasteiger partial charge is 0.357 e. The maximum Gasteiger partial charge on any atom is 0.191 e. The molecule has 0 bridgehead atoms. The van der Waals surface area contributed by atoms with Gasteiger partial charge in [-0.2, -0.15) is 5.10 Å². The van der Waals surface area contributed by atoms with E-state index in [0.29, 0.717) is 25.5 Å². The van der Waals surface area contributed by atoms with Gasteiger partial charge in [-0.3, -0.25) is 4.39 Å². The first-order valence-electron chi connectivity index (χ1n) is 8.35. The molecule has 0 aliphatic heterocycles. The SMILES string of the molecule is CCNC(=NCc1ccccc1-n1nc(C)cc1C)NCCCF.I.